The second-order valence-electron chi connectivity index (χ2n) is 14.0. The largest absolute Gasteiger partial charge is 0.406 e. The van der Waals surface area contributed by atoms with Gasteiger partial charge in [-0.3, -0.25) is 0 Å². The van der Waals surface area contributed by atoms with Crippen molar-refractivity contribution < 1.29 is 27.1 Å². The Bertz CT molecular complexity index is 1580. The molecule has 2 heterocycles. The molecule has 0 saturated carbocycles. The van der Waals surface area contributed by atoms with Gasteiger partial charge in [-0.15, -0.1) is 0 Å². The number of ether oxygens (including phenoxy) is 2. The van der Waals surface area contributed by atoms with Gasteiger partial charge in [-0.2, -0.15) is 13.2 Å². The first-order chi connectivity index (χ1) is 23.4. The topological polar surface area (TPSA) is 47.9 Å². The summed E-state index contributed by atoms with van der Waals surface area (Å²) < 4.78 is 60.6. The van der Waals surface area contributed by atoms with E-state index in [2.05, 4.69) is 86.6 Å². The minimum Gasteiger partial charge on any atom is -0.405 e. The number of nitrogens with one attached hydrogen (secondary N) is 1. The third-order valence-corrected chi connectivity index (χ3v) is 15.4. The number of hydrogen-bond donors (Lipinski definition) is 1. The molecule has 3 aromatic carbocycles. The number of alkyl halides is 3. The second-order valence-corrected chi connectivity index (χ2v) is 19.4. The molecule has 0 radical (unpaired) electrons. The summed E-state index contributed by atoms with van der Waals surface area (Å²) in [4.78, 5) is 2.33. The Hall–Kier alpha value is -2.42. The van der Waals surface area contributed by atoms with Crippen LogP contribution in [0.15, 0.2) is 84.9 Å². The van der Waals surface area contributed by atoms with Crippen molar-refractivity contribution in [2.24, 2.45) is 5.92 Å². The van der Waals surface area contributed by atoms with Gasteiger partial charge in [-0.1, -0.05) is 87.5 Å². The minimum absolute atomic E-state index is 0.0813. The predicted molar refractivity (Wildman–Crippen MR) is 204 cm³/mol. The molecule has 0 spiro atoms. The maximum atomic E-state index is 13.3. The Morgan fingerprint density at radius 1 is 0.837 bits per heavy atom. The average molecular weight is 808 g/mol. The van der Waals surface area contributed by atoms with Crippen molar-refractivity contribution in [3.8, 4) is 0 Å². The summed E-state index contributed by atoms with van der Waals surface area (Å²) in [6, 6.07) is 28.8. The molecule has 4 aromatic rings. The summed E-state index contributed by atoms with van der Waals surface area (Å²) in [6.45, 7) is 10.3. The van der Waals surface area contributed by atoms with Gasteiger partial charge in [0.2, 0.25) is 0 Å². The zero-order chi connectivity index (χ0) is 35.1. The van der Waals surface area contributed by atoms with E-state index in [1.165, 1.54) is 14.9 Å². The fourth-order valence-corrected chi connectivity index (χ4v) is 12.5. The molecule has 1 N–H and O–H groups in total. The van der Waals surface area contributed by atoms with Crippen LogP contribution in [0.4, 0.5) is 18.9 Å². The number of hydrogen-bond acceptors (Lipinski definition) is 5. The molecule has 1 saturated heterocycles. The van der Waals surface area contributed by atoms with Crippen LogP contribution in [0.3, 0.4) is 0 Å². The van der Waals surface area contributed by atoms with Gasteiger partial charge < -0.3 is 28.7 Å². The monoisotopic (exact) mass is 807 g/mol. The normalized spacial score (nSPS) is 17.9. The molecule has 0 bridgehead atoms. The zero-order valence-corrected chi connectivity index (χ0v) is 32.1. The van der Waals surface area contributed by atoms with Gasteiger partial charge in [-0.25, -0.2) is 0 Å². The van der Waals surface area contributed by atoms with Crippen molar-refractivity contribution in [3.63, 3.8) is 0 Å². The Morgan fingerprint density at radius 2 is 1.45 bits per heavy atom. The maximum Gasteiger partial charge on any atom is 0.406 e. The number of rotatable bonds is 15. The van der Waals surface area contributed by atoms with Crippen LogP contribution in [0, 0.1) is 9.62 Å². The fraction of sp³-hybridized carbons (Fsp3) is 0.474. The van der Waals surface area contributed by atoms with Crippen LogP contribution in [-0.2, 0) is 20.4 Å². The summed E-state index contributed by atoms with van der Waals surface area (Å²) >= 11 is 1.99. The lowest BCUT2D eigenvalue weighted by atomic mass is 9.89. The van der Waals surface area contributed by atoms with Gasteiger partial charge in [0.1, 0.15) is 6.54 Å². The molecular weight excluding hydrogens is 758 g/mol. The van der Waals surface area contributed by atoms with Gasteiger partial charge in [0.25, 0.3) is 8.32 Å². The van der Waals surface area contributed by atoms with E-state index < -0.39 is 21.0 Å². The summed E-state index contributed by atoms with van der Waals surface area (Å²) in [6.07, 6.45) is -2.45. The highest BCUT2D eigenvalue weighted by molar-refractivity contribution is 14.1. The molecule has 0 unspecified atom stereocenters. The molecule has 266 valence electrons. The lowest BCUT2D eigenvalue weighted by molar-refractivity contribution is -0.140. The molecule has 1 fully saturated rings. The van der Waals surface area contributed by atoms with Gasteiger partial charge in [0, 0.05) is 30.3 Å². The molecule has 1 aliphatic rings. The van der Waals surface area contributed by atoms with Crippen molar-refractivity contribution in [2.75, 3.05) is 58.5 Å². The average Bonchev–Trinajstić information content (AvgIpc) is 3.37. The molecule has 5 rings (SSSR count). The van der Waals surface area contributed by atoms with E-state index in [4.69, 9.17) is 13.9 Å². The van der Waals surface area contributed by atoms with Gasteiger partial charge in [-0.05, 0) is 88.6 Å². The number of piperidine rings is 1. The lowest BCUT2D eigenvalue weighted by Crippen LogP contribution is -2.66. The highest BCUT2D eigenvalue weighted by Gasteiger charge is 2.50. The number of aromatic nitrogens is 1. The molecule has 1 aromatic heterocycles. The molecule has 11 heteroatoms. The summed E-state index contributed by atoms with van der Waals surface area (Å²) in [5.41, 5.74) is 1.47. The molecule has 1 aliphatic heterocycles. The van der Waals surface area contributed by atoms with E-state index in [0.717, 1.165) is 37.0 Å². The van der Waals surface area contributed by atoms with E-state index in [-0.39, 0.29) is 11.1 Å². The van der Waals surface area contributed by atoms with Gasteiger partial charge in [0.05, 0.1) is 35.6 Å². The second kappa shape index (κ2) is 16.7. The van der Waals surface area contributed by atoms with Crippen LogP contribution >= 0.6 is 22.6 Å². The van der Waals surface area contributed by atoms with Crippen LogP contribution in [0.25, 0.3) is 10.9 Å². The maximum absolute atomic E-state index is 13.3. The third-order valence-electron chi connectivity index (χ3n) is 9.48. The SMILES string of the molecule is CN1CC[C@@H](Nc2cccc3c2cc(I)n3CC(F)(F)F)[C@@H](CCOCCOCCO[Si](c2ccccc2)(c2ccccc2)C(C)(C)C)C1. The first-order valence-corrected chi connectivity index (χ1v) is 20.1. The van der Waals surface area contributed by atoms with E-state index in [9.17, 15) is 13.2 Å². The molecule has 2 atom stereocenters. The van der Waals surface area contributed by atoms with E-state index in [1.807, 2.05) is 52.9 Å². The third kappa shape index (κ3) is 9.47. The minimum atomic E-state index is -4.28. The van der Waals surface area contributed by atoms with Crippen molar-refractivity contribution in [3.05, 3.63) is 88.6 Å². The molecule has 49 heavy (non-hydrogen) atoms. The standard InChI is InChI=1S/C38H49F3IN3O3Si/c1-37(2,3)49(30-12-7-5-8-13-30,31-14-9-6-10-15-31)48-25-24-47-23-22-46-21-19-29-27-44(4)20-18-33(29)43-34-16-11-17-35-32(34)26-36(42)45(35)28-38(39,40)41/h5-17,26,29,33,43H,18-25,27-28H2,1-4H3/t29-,33+/m0/s1. The predicted octanol–water partition coefficient (Wildman–Crippen LogP) is 7.54. The number of benzene rings is 3. The smallest absolute Gasteiger partial charge is 0.405 e. The van der Waals surface area contributed by atoms with Crippen LogP contribution in [-0.4, -0.2) is 83.2 Å². The van der Waals surface area contributed by atoms with Crippen LogP contribution < -0.4 is 15.7 Å². The number of nitrogens with zero attached hydrogens (tertiary/aromatic N) is 2. The molecular formula is C38H49F3IN3O3Si. The molecule has 0 amide bonds. The highest BCUT2D eigenvalue weighted by atomic mass is 127. The Labute approximate surface area is 303 Å². The van der Waals surface area contributed by atoms with E-state index >= 15 is 0 Å². The zero-order valence-electron chi connectivity index (χ0n) is 28.9. The number of fused-ring (bicyclic) bond motifs is 1. The Morgan fingerprint density at radius 3 is 2.06 bits per heavy atom. The van der Waals surface area contributed by atoms with Crippen LogP contribution in [0.1, 0.15) is 33.6 Å². The summed E-state index contributed by atoms with van der Waals surface area (Å²) in [5.74, 6) is 0.339. The number of anilines is 1. The van der Waals surface area contributed by atoms with E-state index in [1.54, 1.807) is 6.07 Å². The van der Waals surface area contributed by atoms with E-state index in [0.29, 0.717) is 48.2 Å². The van der Waals surface area contributed by atoms with Crippen molar-refractivity contribution >= 4 is 57.9 Å². The van der Waals surface area contributed by atoms with Crippen molar-refractivity contribution in [1.82, 2.24) is 9.47 Å². The van der Waals surface area contributed by atoms with Crippen molar-refractivity contribution in [1.29, 1.82) is 0 Å². The number of halogens is 4. The molecule has 6 nitrogen and oxygen atoms in total. The number of likely N-dealkylation sites (tertiary alicyclic amines) is 1. The summed E-state index contributed by atoms with van der Waals surface area (Å²) in [5, 5.41) is 6.95. The fourth-order valence-electron chi connectivity index (χ4n) is 7.19. The van der Waals surface area contributed by atoms with Crippen LogP contribution in [0.5, 0.6) is 0 Å². The Balaban J connectivity index is 1.11. The highest BCUT2D eigenvalue weighted by Crippen LogP contribution is 2.37. The van der Waals surface area contributed by atoms with Gasteiger partial charge >= 0.3 is 6.18 Å². The first-order valence-electron chi connectivity index (χ1n) is 17.1. The Kier molecular flexibility index (Phi) is 12.9. The first kappa shape index (κ1) is 37.8. The quantitative estimate of drug-likeness (QED) is 0.0765. The van der Waals surface area contributed by atoms with Crippen LogP contribution in [0.2, 0.25) is 5.04 Å². The van der Waals surface area contributed by atoms with Gasteiger partial charge in [0.15, 0.2) is 0 Å². The van der Waals surface area contributed by atoms with Crippen molar-refractivity contribution in [2.45, 2.75) is 57.4 Å². The summed E-state index contributed by atoms with van der Waals surface area (Å²) in [7, 11) is -0.453. The molecule has 0 aliphatic carbocycles. The lowest BCUT2D eigenvalue weighted by Gasteiger charge is -2.43.